The normalized spacial score (nSPS) is 18.2. The van der Waals surface area contributed by atoms with E-state index in [0.29, 0.717) is 36.3 Å². The van der Waals surface area contributed by atoms with E-state index in [-0.39, 0.29) is 11.5 Å². The molecule has 144 valence electrons. The minimum atomic E-state index is -0.209. The second-order valence-corrected chi connectivity index (χ2v) is 7.02. The van der Waals surface area contributed by atoms with Gasteiger partial charge >= 0.3 is 0 Å². The van der Waals surface area contributed by atoms with Gasteiger partial charge in [-0.1, -0.05) is 6.58 Å². The highest BCUT2D eigenvalue weighted by atomic mass is 16.5. The molecule has 0 radical (unpaired) electrons. The molecule has 1 aliphatic carbocycles. The molecule has 2 atom stereocenters. The van der Waals surface area contributed by atoms with Crippen LogP contribution in [0.5, 0.6) is 5.88 Å². The van der Waals surface area contributed by atoms with Gasteiger partial charge in [-0.25, -0.2) is 4.68 Å². The Morgan fingerprint density at radius 1 is 1.41 bits per heavy atom. The van der Waals surface area contributed by atoms with Crippen molar-refractivity contribution < 1.29 is 4.74 Å². The van der Waals surface area contributed by atoms with E-state index in [1.165, 1.54) is 4.68 Å². The van der Waals surface area contributed by atoms with Crippen LogP contribution < -0.4 is 15.6 Å². The smallest absolute Gasteiger partial charge is 0.290 e. The number of aryl methyl sites for hydroxylation is 3. The second kappa shape index (κ2) is 7.38. The Labute approximate surface area is 158 Å². The number of allylic oxidation sites excluding steroid dienone is 1. The Bertz CT molecular complexity index is 942. The number of hydrogen-bond donors (Lipinski definition) is 2. The van der Waals surface area contributed by atoms with Gasteiger partial charge in [0.15, 0.2) is 0 Å². The number of ether oxygens (including phenoxy) is 1. The Kier molecular flexibility index (Phi) is 5.16. The second-order valence-electron chi connectivity index (χ2n) is 7.02. The van der Waals surface area contributed by atoms with E-state index in [9.17, 15) is 4.79 Å². The van der Waals surface area contributed by atoms with Crippen molar-refractivity contribution in [3.05, 3.63) is 46.0 Å². The average Bonchev–Trinajstić information content (AvgIpc) is 3.37. The first-order chi connectivity index (χ1) is 12.8. The molecule has 0 bridgehead atoms. The predicted octanol–water partition coefficient (Wildman–Crippen LogP) is 1.96. The van der Waals surface area contributed by atoms with Crippen LogP contribution in [0.3, 0.4) is 0 Å². The Morgan fingerprint density at radius 3 is 2.78 bits per heavy atom. The molecule has 0 unspecified atom stereocenters. The van der Waals surface area contributed by atoms with Crippen molar-refractivity contribution in [3.63, 3.8) is 0 Å². The van der Waals surface area contributed by atoms with Crippen molar-refractivity contribution in [3.8, 4) is 5.88 Å². The van der Waals surface area contributed by atoms with Crippen LogP contribution in [0, 0.1) is 31.1 Å². The Balaban J connectivity index is 1.68. The molecule has 0 aromatic carbocycles. The quantitative estimate of drug-likeness (QED) is 0.692. The van der Waals surface area contributed by atoms with Crippen LogP contribution in [0.2, 0.25) is 0 Å². The van der Waals surface area contributed by atoms with Gasteiger partial charge in [0.2, 0.25) is 5.88 Å². The van der Waals surface area contributed by atoms with E-state index in [2.05, 4.69) is 22.1 Å². The summed E-state index contributed by atoms with van der Waals surface area (Å²) in [5.74, 6) is 0.936. The van der Waals surface area contributed by atoms with Crippen LogP contribution in [0.25, 0.3) is 0 Å². The zero-order chi connectivity index (χ0) is 19.7. The average molecular weight is 370 g/mol. The first kappa shape index (κ1) is 18.9. The summed E-state index contributed by atoms with van der Waals surface area (Å²) in [6.07, 6.45) is 2.51. The summed E-state index contributed by atoms with van der Waals surface area (Å²) in [5, 5.41) is 19.5. The molecule has 0 amide bonds. The molecule has 8 nitrogen and oxygen atoms in total. The molecule has 2 aromatic heterocycles. The summed E-state index contributed by atoms with van der Waals surface area (Å²) in [7, 11) is 3.51. The van der Waals surface area contributed by atoms with Crippen molar-refractivity contribution in [2.45, 2.75) is 26.8 Å². The third kappa shape index (κ3) is 3.94. The third-order valence-electron chi connectivity index (χ3n) is 5.14. The topological polar surface area (TPSA) is 97.8 Å². The number of nitrogens with zero attached hydrogens (tertiary/aromatic N) is 4. The first-order valence-electron chi connectivity index (χ1n) is 8.96. The first-order valence-corrected chi connectivity index (χ1v) is 8.96. The van der Waals surface area contributed by atoms with Crippen molar-refractivity contribution in [2.24, 2.45) is 25.9 Å². The monoisotopic (exact) mass is 370 g/mol. The Morgan fingerprint density at radius 2 is 2.15 bits per heavy atom. The van der Waals surface area contributed by atoms with E-state index in [1.807, 2.05) is 25.6 Å². The maximum Gasteiger partial charge on any atom is 0.290 e. The fourth-order valence-corrected chi connectivity index (χ4v) is 3.19. The molecule has 2 heterocycles. The zero-order valence-corrected chi connectivity index (χ0v) is 16.2. The molecule has 1 fully saturated rings. The highest BCUT2D eigenvalue weighted by Gasteiger charge is 2.40. The van der Waals surface area contributed by atoms with Gasteiger partial charge < -0.3 is 15.5 Å². The zero-order valence-electron chi connectivity index (χ0n) is 16.2. The van der Waals surface area contributed by atoms with Gasteiger partial charge in [-0.05, 0) is 26.3 Å². The van der Waals surface area contributed by atoms with Crippen LogP contribution in [-0.2, 0) is 20.6 Å². The summed E-state index contributed by atoms with van der Waals surface area (Å²) in [5.41, 5.74) is 3.86. The van der Waals surface area contributed by atoms with E-state index >= 15 is 0 Å². The van der Waals surface area contributed by atoms with Crippen LogP contribution in [0.15, 0.2) is 23.5 Å². The molecule has 1 saturated carbocycles. The summed E-state index contributed by atoms with van der Waals surface area (Å²) in [6.45, 7) is 8.58. The van der Waals surface area contributed by atoms with Gasteiger partial charge in [0.05, 0.1) is 12.3 Å². The van der Waals surface area contributed by atoms with Gasteiger partial charge in [-0.3, -0.25) is 9.48 Å². The standard InChI is InChI=1S/C19H26N6O2/c1-6-16(20)14-7-13(14)10-27-18-8-17(19(26)25(5)23-18)21-9-15-11(2)22-24(4)12(15)3/h6,8,13-14,20-21H,1,7,9-10H2,2-5H3/t13-,14+/m1/s1. The van der Waals surface area contributed by atoms with Gasteiger partial charge in [-0.2, -0.15) is 5.10 Å². The van der Waals surface area contributed by atoms with E-state index < -0.39 is 0 Å². The number of aromatic nitrogens is 4. The number of nitrogens with one attached hydrogen (secondary N) is 2. The maximum absolute atomic E-state index is 12.4. The molecule has 2 N–H and O–H groups in total. The van der Waals surface area contributed by atoms with Crippen LogP contribution in [0.1, 0.15) is 23.4 Å². The molecule has 2 aromatic rings. The van der Waals surface area contributed by atoms with Gasteiger partial charge in [-0.15, -0.1) is 5.10 Å². The SMILES string of the molecule is C=CC(=N)[C@H]1C[C@@H]1COc1cc(NCc2c(C)nn(C)c2C)c(=O)n(C)n1. The molecule has 3 rings (SSSR count). The van der Waals surface area contributed by atoms with E-state index in [1.54, 1.807) is 19.2 Å². The molecule has 0 saturated heterocycles. The molecular formula is C19H26N6O2. The lowest BCUT2D eigenvalue weighted by atomic mass is 10.2. The van der Waals surface area contributed by atoms with Gasteiger partial charge in [0.1, 0.15) is 5.69 Å². The Hall–Kier alpha value is -2.90. The fraction of sp³-hybridized carbons (Fsp3) is 0.474. The highest BCUT2D eigenvalue weighted by Crippen LogP contribution is 2.39. The van der Waals surface area contributed by atoms with Crippen LogP contribution in [0.4, 0.5) is 5.69 Å². The largest absolute Gasteiger partial charge is 0.476 e. The lowest BCUT2D eigenvalue weighted by Crippen LogP contribution is -2.24. The predicted molar refractivity (Wildman–Crippen MR) is 105 cm³/mol. The van der Waals surface area contributed by atoms with E-state index in [4.69, 9.17) is 10.1 Å². The molecule has 0 aliphatic heterocycles. The van der Waals surface area contributed by atoms with Crippen molar-refractivity contribution in [1.29, 1.82) is 5.41 Å². The fourth-order valence-electron chi connectivity index (χ4n) is 3.19. The van der Waals surface area contributed by atoms with Gasteiger partial charge in [0, 0.05) is 55.5 Å². The van der Waals surface area contributed by atoms with Crippen molar-refractivity contribution in [2.75, 3.05) is 11.9 Å². The van der Waals surface area contributed by atoms with E-state index in [0.717, 1.165) is 23.4 Å². The number of hydrogen-bond acceptors (Lipinski definition) is 6. The minimum absolute atomic E-state index is 0.209. The summed E-state index contributed by atoms with van der Waals surface area (Å²) < 4.78 is 8.88. The van der Waals surface area contributed by atoms with Crippen molar-refractivity contribution in [1.82, 2.24) is 19.6 Å². The molecule has 1 aliphatic rings. The molecular weight excluding hydrogens is 344 g/mol. The maximum atomic E-state index is 12.4. The summed E-state index contributed by atoms with van der Waals surface area (Å²) >= 11 is 0. The molecule has 27 heavy (non-hydrogen) atoms. The number of anilines is 1. The molecule has 8 heteroatoms. The third-order valence-corrected chi connectivity index (χ3v) is 5.14. The van der Waals surface area contributed by atoms with Crippen LogP contribution >= 0.6 is 0 Å². The lowest BCUT2D eigenvalue weighted by Gasteiger charge is -2.11. The molecule has 0 spiro atoms. The van der Waals surface area contributed by atoms with Crippen LogP contribution in [-0.4, -0.2) is 31.9 Å². The summed E-state index contributed by atoms with van der Waals surface area (Å²) in [6, 6.07) is 1.64. The van der Waals surface area contributed by atoms with Gasteiger partial charge in [0.25, 0.3) is 5.56 Å². The minimum Gasteiger partial charge on any atom is -0.476 e. The summed E-state index contributed by atoms with van der Waals surface area (Å²) in [4.78, 5) is 12.4. The highest BCUT2D eigenvalue weighted by molar-refractivity contribution is 5.95. The lowest BCUT2D eigenvalue weighted by molar-refractivity contribution is 0.278. The van der Waals surface area contributed by atoms with Crippen molar-refractivity contribution >= 4 is 11.4 Å². The number of rotatable bonds is 8.